The van der Waals surface area contributed by atoms with Gasteiger partial charge in [0.2, 0.25) is 5.91 Å². The van der Waals surface area contributed by atoms with Crippen LogP contribution in [0, 0.1) is 0 Å². The summed E-state index contributed by atoms with van der Waals surface area (Å²) >= 11 is 0. The Morgan fingerprint density at radius 1 is 1.16 bits per heavy atom. The predicted molar refractivity (Wildman–Crippen MR) is 96.3 cm³/mol. The zero-order chi connectivity index (χ0) is 17.2. The molecule has 2 heterocycles. The molecule has 2 aromatic rings. The molecule has 2 aromatic carbocycles. The molecule has 5 nitrogen and oxygen atoms in total. The highest BCUT2D eigenvalue weighted by atomic mass is 16.6. The second-order valence-corrected chi connectivity index (χ2v) is 6.49. The smallest absolute Gasteiger partial charge is 0.239 e. The minimum Gasteiger partial charge on any atom is -0.486 e. The Hall–Kier alpha value is -2.69. The number of carbonyl (C=O) groups excluding carboxylic acids is 1. The summed E-state index contributed by atoms with van der Waals surface area (Å²) in [4.78, 5) is 14.6. The van der Waals surface area contributed by atoms with Crippen LogP contribution < -0.4 is 19.7 Å². The monoisotopic (exact) mass is 338 g/mol. The molecule has 1 atom stereocenters. The van der Waals surface area contributed by atoms with Crippen LogP contribution in [0.1, 0.15) is 24.1 Å². The number of benzene rings is 2. The fourth-order valence-corrected chi connectivity index (χ4v) is 3.44. The van der Waals surface area contributed by atoms with Crippen LogP contribution in [0.25, 0.3) is 0 Å². The predicted octanol–water partition coefficient (Wildman–Crippen LogP) is 2.70. The first kappa shape index (κ1) is 15.8. The van der Waals surface area contributed by atoms with Gasteiger partial charge in [0.1, 0.15) is 13.2 Å². The minimum atomic E-state index is -0.0822. The van der Waals surface area contributed by atoms with Gasteiger partial charge in [-0.15, -0.1) is 0 Å². The van der Waals surface area contributed by atoms with Crippen LogP contribution in [0.15, 0.2) is 42.5 Å². The lowest BCUT2D eigenvalue weighted by Gasteiger charge is -2.23. The van der Waals surface area contributed by atoms with E-state index in [9.17, 15) is 4.79 Å². The minimum absolute atomic E-state index is 0.0269. The zero-order valence-electron chi connectivity index (χ0n) is 14.3. The maximum Gasteiger partial charge on any atom is 0.239 e. The van der Waals surface area contributed by atoms with Gasteiger partial charge < -0.3 is 19.7 Å². The van der Waals surface area contributed by atoms with Gasteiger partial charge in [-0.25, -0.2) is 0 Å². The normalized spacial score (nSPS) is 16.3. The lowest BCUT2D eigenvalue weighted by Crippen LogP contribution is -2.37. The Bertz CT molecular complexity index is 790. The van der Waals surface area contributed by atoms with Crippen LogP contribution in [0.3, 0.4) is 0 Å². The van der Waals surface area contributed by atoms with Gasteiger partial charge >= 0.3 is 0 Å². The number of para-hydroxylation sites is 1. The summed E-state index contributed by atoms with van der Waals surface area (Å²) < 4.78 is 11.2. The number of anilines is 1. The van der Waals surface area contributed by atoms with Crippen molar-refractivity contribution in [3.8, 4) is 11.5 Å². The van der Waals surface area contributed by atoms with Crippen molar-refractivity contribution in [2.24, 2.45) is 0 Å². The van der Waals surface area contributed by atoms with Crippen LogP contribution in [0.5, 0.6) is 11.5 Å². The van der Waals surface area contributed by atoms with E-state index in [1.165, 1.54) is 11.3 Å². The van der Waals surface area contributed by atoms with Crippen molar-refractivity contribution in [1.29, 1.82) is 0 Å². The molecule has 2 aliphatic rings. The highest BCUT2D eigenvalue weighted by Gasteiger charge is 2.22. The Morgan fingerprint density at radius 3 is 2.84 bits per heavy atom. The topological polar surface area (TPSA) is 50.8 Å². The highest BCUT2D eigenvalue weighted by molar-refractivity contribution is 5.82. The molecule has 130 valence electrons. The molecule has 0 aliphatic carbocycles. The molecule has 25 heavy (non-hydrogen) atoms. The number of fused-ring (bicyclic) bond motifs is 2. The molecule has 0 unspecified atom stereocenters. The molecule has 2 aliphatic heterocycles. The van der Waals surface area contributed by atoms with Crippen molar-refractivity contribution >= 4 is 11.6 Å². The Kier molecular flexibility index (Phi) is 4.22. The second kappa shape index (κ2) is 6.67. The Morgan fingerprint density at radius 2 is 1.96 bits per heavy atom. The van der Waals surface area contributed by atoms with E-state index in [0.29, 0.717) is 19.8 Å². The highest BCUT2D eigenvalue weighted by Crippen LogP contribution is 2.32. The molecule has 0 radical (unpaired) electrons. The molecule has 0 fully saturated rings. The first-order chi connectivity index (χ1) is 12.2. The van der Waals surface area contributed by atoms with E-state index >= 15 is 0 Å². The lowest BCUT2D eigenvalue weighted by molar-refractivity contribution is -0.120. The quantitative estimate of drug-likeness (QED) is 0.931. The summed E-state index contributed by atoms with van der Waals surface area (Å²) in [6.45, 7) is 4.40. The molecule has 0 spiro atoms. The number of rotatable bonds is 4. The van der Waals surface area contributed by atoms with Gasteiger partial charge in [0.15, 0.2) is 11.5 Å². The summed E-state index contributed by atoms with van der Waals surface area (Å²) in [7, 11) is 0. The van der Waals surface area contributed by atoms with E-state index in [4.69, 9.17) is 9.47 Å². The van der Waals surface area contributed by atoms with Crippen LogP contribution >= 0.6 is 0 Å². The number of ether oxygens (including phenoxy) is 2. The third kappa shape index (κ3) is 3.27. The number of carbonyl (C=O) groups is 1. The fraction of sp³-hybridized carbons (Fsp3) is 0.350. The maximum atomic E-state index is 12.5. The van der Waals surface area contributed by atoms with Crippen LogP contribution in [0.2, 0.25) is 0 Å². The summed E-state index contributed by atoms with van der Waals surface area (Å²) in [6.07, 6.45) is 1.00. The number of hydrogen-bond acceptors (Lipinski definition) is 4. The second-order valence-electron chi connectivity index (χ2n) is 6.49. The molecular weight excluding hydrogens is 316 g/mol. The van der Waals surface area contributed by atoms with E-state index < -0.39 is 0 Å². The van der Waals surface area contributed by atoms with Crippen molar-refractivity contribution in [3.05, 3.63) is 53.6 Å². The molecule has 4 rings (SSSR count). The van der Waals surface area contributed by atoms with Gasteiger partial charge in [0.05, 0.1) is 12.6 Å². The molecule has 0 saturated heterocycles. The van der Waals surface area contributed by atoms with Gasteiger partial charge in [-0.1, -0.05) is 24.3 Å². The van der Waals surface area contributed by atoms with Crippen molar-refractivity contribution in [2.45, 2.75) is 19.4 Å². The van der Waals surface area contributed by atoms with Gasteiger partial charge in [0.25, 0.3) is 0 Å². The van der Waals surface area contributed by atoms with Crippen LogP contribution in [-0.2, 0) is 11.2 Å². The van der Waals surface area contributed by atoms with E-state index in [0.717, 1.165) is 30.0 Å². The number of nitrogens with zero attached hydrogens (tertiary/aromatic N) is 1. The van der Waals surface area contributed by atoms with E-state index in [-0.39, 0.29) is 11.9 Å². The largest absolute Gasteiger partial charge is 0.486 e. The van der Waals surface area contributed by atoms with Gasteiger partial charge in [-0.05, 0) is 42.7 Å². The first-order valence-corrected chi connectivity index (χ1v) is 8.72. The van der Waals surface area contributed by atoms with E-state index in [1.807, 2.05) is 37.3 Å². The SMILES string of the molecule is C[C@@H](NC(=O)CN1CCc2ccccc21)c1ccc2c(c1)OCCO2. The first-order valence-electron chi connectivity index (χ1n) is 8.72. The summed E-state index contributed by atoms with van der Waals surface area (Å²) in [5, 5.41) is 3.08. The van der Waals surface area contributed by atoms with Crippen LogP contribution in [0.4, 0.5) is 5.69 Å². The molecule has 1 N–H and O–H groups in total. The third-order valence-corrected chi connectivity index (χ3v) is 4.76. The molecule has 0 saturated carbocycles. The number of amides is 1. The van der Waals surface area contributed by atoms with E-state index in [2.05, 4.69) is 22.3 Å². The summed E-state index contributed by atoms with van der Waals surface area (Å²) in [5.74, 6) is 1.54. The molecule has 5 heteroatoms. The van der Waals surface area contributed by atoms with E-state index in [1.54, 1.807) is 0 Å². The standard InChI is InChI=1S/C20H22N2O3/c1-14(16-6-7-18-19(12-16)25-11-10-24-18)21-20(23)13-22-9-8-15-4-2-3-5-17(15)22/h2-7,12,14H,8-11,13H2,1H3,(H,21,23)/t14-/m1/s1. The van der Waals surface area contributed by atoms with Crippen LogP contribution in [-0.4, -0.2) is 32.2 Å². The Balaban J connectivity index is 1.39. The maximum absolute atomic E-state index is 12.5. The molecule has 1 amide bonds. The van der Waals surface area contributed by atoms with Crippen molar-refractivity contribution in [1.82, 2.24) is 5.32 Å². The summed E-state index contributed by atoms with van der Waals surface area (Å²) in [5.41, 5.74) is 3.50. The average molecular weight is 338 g/mol. The van der Waals surface area contributed by atoms with Gasteiger partial charge in [0, 0.05) is 12.2 Å². The average Bonchev–Trinajstić information content (AvgIpc) is 3.04. The van der Waals surface area contributed by atoms with Crippen molar-refractivity contribution in [2.75, 3.05) is 31.2 Å². The Labute approximate surface area is 147 Å². The van der Waals surface area contributed by atoms with Gasteiger partial charge in [-0.2, -0.15) is 0 Å². The molecule has 0 aromatic heterocycles. The molecule has 0 bridgehead atoms. The number of hydrogen-bond donors (Lipinski definition) is 1. The van der Waals surface area contributed by atoms with Crippen molar-refractivity contribution in [3.63, 3.8) is 0 Å². The zero-order valence-corrected chi connectivity index (χ0v) is 14.3. The van der Waals surface area contributed by atoms with Gasteiger partial charge in [-0.3, -0.25) is 4.79 Å². The molecular formula is C20H22N2O3. The van der Waals surface area contributed by atoms with Crippen molar-refractivity contribution < 1.29 is 14.3 Å². The summed E-state index contributed by atoms with van der Waals surface area (Å²) in [6, 6.07) is 14.0. The third-order valence-electron chi connectivity index (χ3n) is 4.76. The fourth-order valence-electron chi connectivity index (χ4n) is 3.44. The number of nitrogens with one attached hydrogen (secondary N) is 1. The lowest BCUT2D eigenvalue weighted by atomic mass is 10.1.